The zero-order chi connectivity index (χ0) is 11.6. The topological polar surface area (TPSA) is 15.6 Å². The lowest BCUT2D eigenvalue weighted by Gasteiger charge is -2.32. The SMILES string of the molecule is Cc1c(Cl)ccc2c1N=C1C3C=CC(C3)N1C2. The zero-order valence-electron chi connectivity index (χ0n) is 9.65. The van der Waals surface area contributed by atoms with Crippen molar-refractivity contribution in [3.05, 3.63) is 40.4 Å². The van der Waals surface area contributed by atoms with E-state index in [0.29, 0.717) is 12.0 Å². The molecule has 3 aliphatic rings. The third-order valence-corrected chi connectivity index (χ3v) is 4.51. The van der Waals surface area contributed by atoms with E-state index in [-0.39, 0.29) is 0 Å². The lowest BCUT2D eigenvalue weighted by Crippen LogP contribution is -2.36. The number of hydrogen-bond donors (Lipinski definition) is 0. The minimum absolute atomic E-state index is 0.534. The second-order valence-corrected chi connectivity index (χ2v) is 5.48. The normalized spacial score (nSPS) is 28.1. The van der Waals surface area contributed by atoms with E-state index in [4.69, 9.17) is 16.6 Å². The summed E-state index contributed by atoms with van der Waals surface area (Å²) in [6, 6.07) is 4.67. The number of amidine groups is 1. The van der Waals surface area contributed by atoms with Crippen molar-refractivity contribution >= 4 is 23.1 Å². The first kappa shape index (κ1) is 9.72. The molecule has 2 heterocycles. The average Bonchev–Trinajstić information content (AvgIpc) is 2.94. The Morgan fingerprint density at radius 3 is 3.12 bits per heavy atom. The second kappa shape index (κ2) is 3.14. The van der Waals surface area contributed by atoms with E-state index in [2.05, 4.69) is 30.0 Å². The van der Waals surface area contributed by atoms with Crippen LogP contribution in [0.5, 0.6) is 0 Å². The van der Waals surface area contributed by atoms with Gasteiger partial charge in [0.05, 0.1) is 5.69 Å². The molecule has 86 valence electrons. The van der Waals surface area contributed by atoms with Gasteiger partial charge in [-0.2, -0.15) is 0 Å². The molecular formula is C14H13ClN2. The maximum atomic E-state index is 6.17. The summed E-state index contributed by atoms with van der Waals surface area (Å²) in [6.45, 7) is 3.04. The van der Waals surface area contributed by atoms with Crippen LogP contribution in [0, 0.1) is 12.8 Å². The number of nitrogens with zero attached hydrogens (tertiary/aromatic N) is 2. The highest BCUT2D eigenvalue weighted by molar-refractivity contribution is 6.31. The maximum absolute atomic E-state index is 6.17. The van der Waals surface area contributed by atoms with E-state index in [1.807, 2.05) is 6.07 Å². The molecule has 1 aliphatic carbocycles. The van der Waals surface area contributed by atoms with Crippen molar-refractivity contribution < 1.29 is 0 Å². The molecule has 2 aliphatic heterocycles. The van der Waals surface area contributed by atoms with Crippen LogP contribution in [0.15, 0.2) is 29.3 Å². The molecule has 1 aromatic rings. The largest absolute Gasteiger partial charge is 0.349 e. The molecule has 0 amide bonds. The van der Waals surface area contributed by atoms with Gasteiger partial charge in [0.2, 0.25) is 0 Å². The number of fused-ring (bicyclic) bond motifs is 6. The minimum Gasteiger partial charge on any atom is -0.349 e. The van der Waals surface area contributed by atoms with Gasteiger partial charge in [-0.15, -0.1) is 0 Å². The molecule has 0 spiro atoms. The van der Waals surface area contributed by atoms with Crippen molar-refractivity contribution in [3.63, 3.8) is 0 Å². The number of halogens is 1. The molecule has 1 aromatic carbocycles. The van der Waals surface area contributed by atoms with Crippen LogP contribution in [-0.4, -0.2) is 16.8 Å². The number of aliphatic imine (C=N–C) groups is 1. The van der Waals surface area contributed by atoms with Gasteiger partial charge < -0.3 is 4.90 Å². The van der Waals surface area contributed by atoms with E-state index in [0.717, 1.165) is 22.8 Å². The van der Waals surface area contributed by atoms with Crippen LogP contribution < -0.4 is 0 Å². The molecule has 2 atom stereocenters. The summed E-state index contributed by atoms with van der Waals surface area (Å²) in [7, 11) is 0. The molecule has 1 fully saturated rings. The second-order valence-electron chi connectivity index (χ2n) is 5.07. The highest BCUT2D eigenvalue weighted by Crippen LogP contribution is 2.42. The Morgan fingerprint density at radius 2 is 2.24 bits per heavy atom. The summed E-state index contributed by atoms with van der Waals surface area (Å²) in [5.74, 6) is 1.78. The van der Waals surface area contributed by atoms with Gasteiger partial charge in [-0.1, -0.05) is 29.8 Å². The molecule has 0 radical (unpaired) electrons. The highest BCUT2D eigenvalue weighted by Gasteiger charge is 2.41. The summed E-state index contributed by atoms with van der Waals surface area (Å²) in [4.78, 5) is 7.29. The quantitative estimate of drug-likeness (QED) is 0.639. The lowest BCUT2D eigenvalue weighted by molar-refractivity contribution is 0.377. The molecule has 0 saturated carbocycles. The molecule has 0 aromatic heterocycles. The van der Waals surface area contributed by atoms with Crippen LogP contribution in [0.4, 0.5) is 5.69 Å². The first-order valence-corrected chi connectivity index (χ1v) is 6.43. The maximum Gasteiger partial charge on any atom is 0.113 e. The van der Waals surface area contributed by atoms with E-state index in [9.17, 15) is 0 Å². The Labute approximate surface area is 106 Å². The van der Waals surface area contributed by atoms with Crippen molar-refractivity contribution in [3.8, 4) is 0 Å². The Balaban J connectivity index is 1.91. The summed E-state index contributed by atoms with van der Waals surface area (Å²) >= 11 is 6.17. The fourth-order valence-corrected chi connectivity index (χ4v) is 3.30. The van der Waals surface area contributed by atoms with Crippen LogP contribution in [0.2, 0.25) is 5.02 Å². The average molecular weight is 245 g/mol. The van der Waals surface area contributed by atoms with E-state index >= 15 is 0 Å². The van der Waals surface area contributed by atoms with Crippen molar-refractivity contribution in [1.29, 1.82) is 0 Å². The van der Waals surface area contributed by atoms with Gasteiger partial charge in [-0.05, 0) is 30.5 Å². The van der Waals surface area contributed by atoms with Crippen molar-refractivity contribution in [2.45, 2.75) is 25.9 Å². The predicted octanol–water partition coefficient (Wildman–Crippen LogP) is 3.45. The van der Waals surface area contributed by atoms with E-state index < -0.39 is 0 Å². The van der Waals surface area contributed by atoms with Crippen molar-refractivity contribution in [2.75, 3.05) is 0 Å². The van der Waals surface area contributed by atoms with Crippen LogP contribution in [-0.2, 0) is 6.54 Å². The zero-order valence-corrected chi connectivity index (χ0v) is 10.4. The van der Waals surface area contributed by atoms with Crippen molar-refractivity contribution in [1.82, 2.24) is 4.90 Å². The van der Waals surface area contributed by atoms with Crippen molar-refractivity contribution in [2.24, 2.45) is 10.9 Å². The van der Waals surface area contributed by atoms with Gasteiger partial charge in [0.25, 0.3) is 0 Å². The summed E-state index contributed by atoms with van der Waals surface area (Å²) in [5.41, 5.74) is 3.52. The Morgan fingerprint density at radius 1 is 1.35 bits per heavy atom. The molecular weight excluding hydrogens is 232 g/mol. The smallest absolute Gasteiger partial charge is 0.113 e. The predicted molar refractivity (Wildman–Crippen MR) is 69.9 cm³/mol. The van der Waals surface area contributed by atoms with Gasteiger partial charge in [0.15, 0.2) is 0 Å². The summed E-state index contributed by atoms with van der Waals surface area (Å²) < 4.78 is 0. The third kappa shape index (κ3) is 1.19. The fourth-order valence-electron chi connectivity index (χ4n) is 3.14. The Hall–Kier alpha value is -1.28. The van der Waals surface area contributed by atoms with Gasteiger partial charge in [-0.25, -0.2) is 4.99 Å². The molecule has 2 bridgehead atoms. The van der Waals surface area contributed by atoms with Crippen LogP contribution in [0.1, 0.15) is 17.5 Å². The summed E-state index contributed by atoms with van der Waals surface area (Å²) in [6.07, 6.45) is 5.82. The number of rotatable bonds is 0. The molecule has 17 heavy (non-hydrogen) atoms. The van der Waals surface area contributed by atoms with Gasteiger partial charge in [0.1, 0.15) is 5.84 Å². The van der Waals surface area contributed by atoms with Crippen LogP contribution in [0.25, 0.3) is 0 Å². The van der Waals surface area contributed by atoms with E-state index in [1.165, 1.54) is 17.8 Å². The molecule has 2 unspecified atom stereocenters. The molecule has 0 N–H and O–H groups in total. The third-order valence-electron chi connectivity index (χ3n) is 4.10. The molecule has 2 nitrogen and oxygen atoms in total. The first-order chi connectivity index (χ1) is 8.24. The molecule has 4 rings (SSSR count). The van der Waals surface area contributed by atoms with Gasteiger partial charge in [-0.3, -0.25) is 0 Å². The fraction of sp³-hybridized carbons (Fsp3) is 0.357. The van der Waals surface area contributed by atoms with Gasteiger partial charge >= 0.3 is 0 Å². The molecule has 1 saturated heterocycles. The van der Waals surface area contributed by atoms with E-state index in [1.54, 1.807) is 0 Å². The molecule has 3 heteroatoms. The number of hydrogen-bond acceptors (Lipinski definition) is 2. The minimum atomic E-state index is 0.534. The lowest BCUT2D eigenvalue weighted by atomic mass is 10.0. The van der Waals surface area contributed by atoms with Crippen LogP contribution >= 0.6 is 11.6 Å². The first-order valence-electron chi connectivity index (χ1n) is 6.05. The van der Waals surface area contributed by atoms with Gasteiger partial charge in [0, 0.05) is 23.5 Å². The Bertz CT molecular complexity index is 574. The Kier molecular flexibility index (Phi) is 1.79. The monoisotopic (exact) mass is 244 g/mol. The highest BCUT2D eigenvalue weighted by atomic mass is 35.5. The standard InChI is InChI=1S/C14H13ClN2/c1-8-12(15)5-3-10-7-17-11-4-2-9(6-11)14(17)16-13(8)10/h2-5,9,11H,6-7H2,1H3. The van der Waals surface area contributed by atoms with Crippen LogP contribution in [0.3, 0.4) is 0 Å². The number of benzene rings is 1. The summed E-state index contributed by atoms with van der Waals surface area (Å²) in [5, 5.41) is 0.820.